The van der Waals surface area contributed by atoms with Crippen molar-refractivity contribution in [2.75, 3.05) is 0 Å². The van der Waals surface area contributed by atoms with E-state index in [1.54, 1.807) is 35.6 Å². The summed E-state index contributed by atoms with van der Waals surface area (Å²) in [5.41, 5.74) is 8.67. The molecule has 0 amide bonds. The molecule has 0 aliphatic carbocycles. The van der Waals surface area contributed by atoms with Crippen molar-refractivity contribution in [2.24, 2.45) is 0 Å². The van der Waals surface area contributed by atoms with Crippen LogP contribution >= 0.6 is 11.3 Å². The van der Waals surface area contributed by atoms with Crippen LogP contribution in [0.2, 0.25) is 0 Å². The molecular formula is C57H35N5O2S2. The fraction of sp³-hybridized carbons (Fsp3) is 0. The highest BCUT2D eigenvalue weighted by Gasteiger charge is 2.22. The molecular weight excluding hydrogens is 851 g/mol. The highest BCUT2D eigenvalue weighted by Crippen LogP contribution is 2.43. The minimum Gasteiger partial charge on any atom is -0.309 e. The van der Waals surface area contributed by atoms with E-state index in [0.717, 1.165) is 66.2 Å². The summed E-state index contributed by atoms with van der Waals surface area (Å²) >= 11 is 1.79. The van der Waals surface area contributed by atoms with Gasteiger partial charge >= 0.3 is 0 Å². The summed E-state index contributed by atoms with van der Waals surface area (Å²) in [5, 5.41) is 6.83. The molecule has 0 aliphatic heterocycles. The lowest BCUT2D eigenvalue weighted by atomic mass is 10.0. The molecule has 0 unspecified atom stereocenters. The van der Waals surface area contributed by atoms with Gasteiger partial charge in [-0.15, -0.1) is 11.3 Å². The maximum Gasteiger partial charge on any atom is 0.238 e. The van der Waals surface area contributed by atoms with Crippen molar-refractivity contribution in [1.29, 1.82) is 0 Å². The number of sulfone groups is 1. The SMILES string of the molecule is O=S(=O)(c1ccc(-c2ccc3c(c2)c2ccccc2n3-c2nc(-c3ccccc3)nc(-c3ccccc3)n2)cc1)c1ccc(-n2c3ccccc3c3ccc4sc5ccccc5c4c32)cc1. The minimum atomic E-state index is -3.83. The molecule has 0 saturated heterocycles. The van der Waals surface area contributed by atoms with Crippen molar-refractivity contribution in [2.45, 2.75) is 9.79 Å². The summed E-state index contributed by atoms with van der Waals surface area (Å²) in [6, 6.07) is 70.4. The highest BCUT2D eigenvalue weighted by atomic mass is 32.2. The zero-order valence-corrected chi connectivity index (χ0v) is 36.7. The van der Waals surface area contributed by atoms with Gasteiger partial charge in [-0.1, -0.05) is 140 Å². The number of rotatable bonds is 7. The monoisotopic (exact) mass is 885 g/mol. The number of hydrogen-bond acceptors (Lipinski definition) is 6. The number of para-hydroxylation sites is 2. The molecule has 0 bridgehead atoms. The predicted octanol–water partition coefficient (Wildman–Crippen LogP) is 14.3. The average molecular weight is 886 g/mol. The molecule has 0 aliphatic rings. The van der Waals surface area contributed by atoms with Gasteiger partial charge in [-0.05, 0) is 83.9 Å². The summed E-state index contributed by atoms with van der Waals surface area (Å²) in [6.07, 6.45) is 0. The van der Waals surface area contributed by atoms with E-state index < -0.39 is 9.84 Å². The normalized spacial score (nSPS) is 12.1. The maximum absolute atomic E-state index is 14.3. The van der Waals surface area contributed by atoms with Crippen LogP contribution in [0.15, 0.2) is 222 Å². The van der Waals surface area contributed by atoms with Crippen molar-refractivity contribution in [1.82, 2.24) is 24.1 Å². The fourth-order valence-corrected chi connectivity index (χ4v) is 11.9. The van der Waals surface area contributed by atoms with Gasteiger partial charge in [0, 0.05) is 58.5 Å². The number of aromatic nitrogens is 5. The third-order valence-corrected chi connectivity index (χ3v) is 15.6. The highest BCUT2D eigenvalue weighted by molar-refractivity contribution is 7.91. The number of benzene rings is 9. The van der Waals surface area contributed by atoms with Crippen LogP contribution in [-0.2, 0) is 9.84 Å². The first-order valence-electron chi connectivity index (χ1n) is 21.7. The van der Waals surface area contributed by atoms with Crippen molar-refractivity contribution in [3.8, 4) is 45.5 Å². The van der Waals surface area contributed by atoms with Gasteiger partial charge in [-0.25, -0.2) is 13.4 Å². The molecule has 9 aromatic carbocycles. The van der Waals surface area contributed by atoms with Crippen LogP contribution in [0.4, 0.5) is 0 Å². The number of nitrogens with zero attached hydrogens (tertiary/aromatic N) is 5. The van der Waals surface area contributed by atoms with Gasteiger partial charge in [0.2, 0.25) is 15.8 Å². The molecule has 0 radical (unpaired) electrons. The van der Waals surface area contributed by atoms with Crippen molar-refractivity contribution in [3.63, 3.8) is 0 Å². The Morgan fingerprint density at radius 1 is 0.379 bits per heavy atom. The molecule has 0 fully saturated rings. The third-order valence-electron chi connectivity index (χ3n) is 12.6. The van der Waals surface area contributed by atoms with Crippen LogP contribution in [0.5, 0.6) is 0 Å². The van der Waals surface area contributed by atoms with Crippen molar-refractivity contribution >= 4 is 85.0 Å². The lowest BCUT2D eigenvalue weighted by Crippen LogP contribution is -2.06. The Morgan fingerprint density at radius 3 is 1.58 bits per heavy atom. The van der Waals surface area contributed by atoms with Gasteiger partial charge in [0.15, 0.2) is 11.6 Å². The van der Waals surface area contributed by atoms with E-state index in [4.69, 9.17) is 15.0 Å². The maximum atomic E-state index is 14.3. The second-order valence-corrected chi connectivity index (χ2v) is 19.4. The van der Waals surface area contributed by atoms with E-state index in [-0.39, 0.29) is 9.79 Å². The number of hydrogen-bond donors (Lipinski definition) is 0. The topological polar surface area (TPSA) is 82.7 Å². The van der Waals surface area contributed by atoms with E-state index in [2.05, 4.69) is 100 Å². The molecule has 13 aromatic rings. The summed E-state index contributed by atoms with van der Waals surface area (Å²) in [4.78, 5) is 15.5. The Bertz CT molecular complexity index is 4100. The van der Waals surface area contributed by atoms with E-state index in [0.29, 0.717) is 17.6 Å². The minimum absolute atomic E-state index is 0.235. The Labute approximate surface area is 383 Å². The van der Waals surface area contributed by atoms with Crippen LogP contribution in [0.1, 0.15) is 0 Å². The predicted molar refractivity (Wildman–Crippen MR) is 270 cm³/mol. The standard InChI is InChI=1S/C57H35N5O2S2/c63-66(64,42-30-26-40(27-31-42)61-48-20-10-7-17-43(48)45-32-34-52-53(54(45)61)46-19-9-12-22-51(46)65-52)41-28-23-36(24-29-41)39-25-33-50-47(35-39)44-18-8-11-21-49(44)62(50)57-59-55(37-13-3-1-4-14-37)58-56(60-57)38-15-5-2-6-16-38/h1-35H. The van der Waals surface area contributed by atoms with Crippen LogP contribution in [0.3, 0.4) is 0 Å². The fourth-order valence-electron chi connectivity index (χ4n) is 9.54. The molecule has 13 rings (SSSR count). The first-order valence-corrected chi connectivity index (χ1v) is 24.0. The van der Waals surface area contributed by atoms with Gasteiger partial charge < -0.3 is 4.57 Å². The van der Waals surface area contributed by atoms with Crippen molar-refractivity contribution < 1.29 is 8.42 Å². The molecule has 312 valence electrons. The Morgan fingerprint density at radius 2 is 0.909 bits per heavy atom. The lowest BCUT2D eigenvalue weighted by molar-refractivity contribution is 0.596. The zero-order chi connectivity index (χ0) is 43.9. The quantitative estimate of drug-likeness (QED) is 0.159. The molecule has 0 saturated carbocycles. The van der Waals surface area contributed by atoms with Gasteiger partial charge in [0.05, 0.1) is 31.9 Å². The third kappa shape index (κ3) is 6.01. The van der Waals surface area contributed by atoms with Crippen LogP contribution in [0.25, 0.3) is 109 Å². The largest absolute Gasteiger partial charge is 0.309 e. The Balaban J connectivity index is 0.861. The van der Waals surface area contributed by atoms with Gasteiger partial charge in [0.1, 0.15) is 0 Å². The summed E-state index contributed by atoms with van der Waals surface area (Å²) in [5.74, 6) is 1.70. The van der Waals surface area contributed by atoms with Gasteiger partial charge in [0.25, 0.3) is 0 Å². The summed E-state index contributed by atoms with van der Waals surface area (Å²) < 4.78 is 35.3. The average Bonchev–Trinajstić information content (AvgIpc) is 4.04. The van der Waals surface area contributed by atoms with Crippen LogP contribution < -0.4 is 0 Å². The first-order chi connectivity index (χ1) is 32.5. The van der Waals surface area contributed by atoms with E-state index in [1.807, 2.05) is 97.1 Å². The molecule has 4 aromatic heterocycles. The Hall–Kier alpha value is -8.24. The van der Waals surface area contributed by atoms with Crippen LogP contribution in [0, 0.1) is 0 Å². The van der Waals surface area contributed by atoms with Gasteiger partial charge in [-0.3, -0.25) is 4.57 Å². The molecule has 66 heavy (non-hydrogen) atoms. The van der Waals surface area contributed by atoms with Gasteiger partial charge in [-0.2, -0.15) is 9.97 Å². The first kappa shape index (κ1) is 38.2. The zero-order valence-electron chi connectivity index (χ0n) is 35.1. The second kappa shape index (κ2) is 14.9. The van der Waals surface area contributed by atoms with E-state index in [9.17, 15) is 8.42 Å². The molecule has 0 atom stereocenters. The van der Waals surface area contributed by atoms with Crippen LogP contribution in [-0.4, -0.2) is 32.5 Å². The molecule has 7 nitrogen and oxygen atoms in total. The van der Waals surface area contributed by atoms with Crippen molar-refractivity contribution in [3.05, 3.63) is 212 Å². The molecule has 9 heteroatoms. The van der Waals surface area contributed by atoms with E-state index >= 15 is 0 Å². The second-order valence-electron chi connectivity index (χ2n) is 16.4. The Kier molecular flexibility index (Phi) is 8.64. The molecule has 0 spiro atoms. The number of fused-ring (bicyclic) bond motifs is 10. The lowest BCUT2D eigenvalue weighted by Gasteiger charge is -2.11. The molecule has 4 heterocycles. The summed E-state index contributed by atoms with van der Waals surface area (Å²) in [6.45, 7) is 0. The van der Waals surface area contributed by atoms with E-state index in [1.165, 1.54) is 25.6 Å². The number of thiophene rings is 1. The molecule has 0 N–H and O–H groups in total. The summed E-state index contributed by atoms with van der Waals surface area (Å²) in [7, 11) is -3.83. The smallest absolute Gasteiger partial charge is 0.238 e.